The molecule has 2 unspecified atom stereocenters. The van der Waals surface area contributed by atoms with Crippen LogP contribution in [-0.4, -0.2) is 44.1 Å². The molecular formula is C17H29Cl2N3O2. The molecule has 1 aromatic carbocycles. The van der Waals surface area contributed by atoms with Crippen LogP contribution in [0.4, 0.5) is 5.69 Å². The number of ether oxygens (including phenoxy) is 1. The van der Waals surface area contributed by atoms with Crippen LogP contribution in [0.2, 0.25) is 0 Å². The first kappa shape index (κ1) is 23.0. The second-order valence-corrected chi connectivity index (χ2v) is 6.29. The number of nitrogens with zero attached hydrogens (tertiary/aromatic N) is 1. The fraction of sp³-hybridized carbons (Fsp3) is 0.588. The Balaban J connectivity index is 0.00000264. The van der Waals surface area contributed by atoms with Crippen molar-refractivity contribution in [2.45, 2.75) is 31.7 Å². The summed E-state index contributed by atoms with van der Waals surface area (Å²) in [5, 5.41) is 2.99. The molecule has 0 heterocycles. The molecule has 0 saturated heterocycles. The number of nitrogens with one attached hydrogen (secondary N) is 1. The fourth-order valence-electron chi connectivity index (χ4n) is 2.72. The molecule has 1 saturated carbocycles. The van der Waals surface area contributed by atoms with Gasteiger partial charge in [-0.2, -0.15) is 0 Å². The van der Waals surface area contributed by atoms with Crippen LogP contribution in [0, 0.1) is 5.92 Å². The molecule has 1 aliphatic rings. The minimum atomic E-state index is 0. The molecule has 2 rings (SSSR count). The molecule has 1 aliphatic carbocycles. The molecule has 138 valence electrons. The second kappa shape index (κ2) is 11.5. The Labute approximate surface area is 157 Å². The average molecular weight is 378 g/mol. The third-order valence-corrected chi connectivity index (χ3v) is 3.99. The van der Waals surface area contributed by atoms with E-state index in [0.29, 0.717) is 6.61 Å². The van der Waals surface area contributed by atoms with Crippen molar-refractivity contribution < 1.29 is 9.53 Å². The van der Waals surface area contributed by atoms with Crippen LogP contribution < -0.4 is 15.8 Å². The molecular weight excluding hydrogens is 349 g/mol. The highest BCUT2D eigenvalue weighted by atomic mass is 35.5. The van der Waals surface area contributed by atoms with Crippen molar-refractivity contribution in [2.75, 3.05) is 32.6 Å². The van der Waals surface area contributed by atoms with Crippen LogP contribution in [0.3, 0.4) is 0 Å². The monoisotopic (exact) mass is 377 g/mol. The van der Waals surface area contributed by atoms with Gasteiger partial charge in [-0.3, -0.25) is 4.79 Å². The minimum absolute atomic E-state index is 0. The number of hydrogen-bond acceptors (Lipinski definition) is 4. The van der Waals surface area contributed by atoms with E-state index in [0.717, 1.165) is 43.7 Å². The number of benzene rings is 1. The summed E-state index contributed by atoms with van der Waals surface area (Å²) in [6.07, 6.45) is 3.77. The van der Waals surface area contributed by atoms with E-state index in [2.05, 4.69) is 10.2 Å². The molecule has 0 aliphatic heterocycles. The molecule has 0 aromatic heterocycles. The van der Waals surface area contributed by atoms with Crippen molar-refractivity contribution >= 4 is 36.4 Å². The third-order valence-electron chi connectivity index (χ3n) is 3.99. The summed E-state index contributed by atoms with van der Waals surface area (Å²) in [5.41, 5.74) is 6.74. The Morgan fingerprint density at radius 2 is 2.08 bits per heavy atom. The highest BCUT2D eigenvalue weighted by Gasteiger charge is 2.25. The first-order valence-electron chi connectivity index (χ1n) is 7.98. The maximum absolute atomic E-state index is 12.3. The Morgan fingerprint density at radius 3 is 2.75 bits per heavy atom. The number of carbonyl (C=O) groups is 1. The van der Waals surface area contributed by atoms with E-state index in [1.165, 1.54) is 0 Å². The summed E-state index contributed by atoms with van der Waals surface area (Å²) in [4.78, 5) is 14.4. The molecule has 1 aromatic rings. The van der Waals surface area contributed by atoms with Crippen LogP contribution in [0.15, 0.2) is 24.3 Å². The smallest absolute Gasteiger partial charge is 0.227 e. The SMILES string of the molecule is CN(C)CCOc1cccc(NC(=O)C2CCCC(N)C2)c1.Cl.Cl. The lowest BCUT2D eigenvalue weighted by molar-refractivity contribution is -0.120. The quantitative estimate of drug-likeness (QED) is 0.799. The Kier molecular flexibility index (Phi) is 11.0. The number of anilines is 1. The van der Waals surface area contributed by atoms with E-state index < -0.39 is 0 Å². The molecule has 0 radical (unpaired) electrons. The minimum Gasteiger partial charge on any atom is -0.492 e. The van der Waals surface area contributed by atoms with E-state index in [1.807, 2.05) is 38.4 Å². The summed E-state index contributed by atoms with van der Waals surface area (Å²) in [7, 11) is 4.02. The predicted octanol–water partition coefficient (Wildman–Crippen LogP) is 2.93. The maximum atomic E-state index is 12.3. The molecule has 7 heteroatoms. The fourth-order valence-corrected chi connectivity index (χ4v) is 2.72. The molecule has 2 atom stereocenters. The van der Waals surface area contributed by atoms with E-state index in [-0.39, 0.29) is 42.7 Å². The Morgan fingerprint density at radius 1 is 1.33 bits per heavy atom. The number of carbonyl (C=O) groups excluding carboxylic acids is 1. The number of nitrogens with two attached hydrogens (primary N) is 1. The average Bonchev–Trinajstić information content (AvgIpc) is 2.47. The number of amides is 1. The first-order valence-corrected chi connectivity index (χ1v) is 7.98. The number of likely N-dealkylation sites (N-methyl/N-ethyl adjacent to an activating group) is 1. The van der Waals surface area contributed by atoms with Crippen molar-refractivity contribution in [1.82, 2.24) is 4.90 Å². The zero-order chi connectivity index (χ0) is 15.9. The van der Waals surface area contributed by atoms with Gasteiger partial charge in [-0.05, 0) is 45.5 Å². The maximum Gasteiger partial charge on any atom is 0.227 e. The van der Waals surface area contributed by atoms with Gasteiger partial charge in [-0.15, -0.1) is 24.8 Å². The van der Waals surface area contributed by atoms with Crippen molar-refractivity contribution in [1.29, 1.82) is 0 Å². The van der Waals surface area contributed by atoms with Crippen molar-refractivity contribution in [3.63, 3.8) is 0 Å². The molecule has 24 heavy (non-hydrogen) atoms. The lowest BCUT2D eigenvalue weighted by Crippen LogP contribution is -2.34. The van der Waals surface area contributed by atoms with E-state index in [4.69, 9.17) is 10.5 Å². The first-order chi connectivity index (χ1) is 10.5. The number of halogens is 2. The normalized spacial score (nSPS) is 19.8. The number of hydrogen-bond donors (Lipinski definition) is 2. The van der Waals surface area contributed by atoms with Gasteiger partial charge >= 0.3 is 0 Å². The lowest BCUT2D eigenvalue weighted by Gasteiger charge is -2.25. The lowest BCUT2D eigenvalue weighted by atomic mass is 9.85. The molecule has 0 spiro atoms. The van der Waals surface area contributed by atoms with E-state index in [9.17, 15) is 4.79 Å². The largest absolute Gasteiger partial charge is 0.492 e. The highest BCUT2D eigenvalue weighted by molar-refractivity contribution is 5.92. The summed E-state index contributed by atoms with van der Waals surface area (Å²) < 4.78 is 5.69. The van der Waals surface area contributed by atoms with Gasteiger partial charge < -0.3 is 20.7 Å². The summed E-state index contributed by atoms with van der Waals surface area (Å²) in [5.74, 6) is 0.877. The molecule has 1 fully saturated rings. The predicted molar refractivity (Wildman–Crippen MR) is 104 cm³/mol. The van der Waals surface area contributed by atoms with Gasteiger partial charge in [0, 0.05) is 30.3 Å². The summed E-state index contributed by atoms with van der Waals surface area (Å²) >= 11 is 0. The molecule has 3 N–H and O–H groups in total. The molecule has 1 amide bonds. The van der Waals surface area contributed by atoms with Gasteiger partial charge in [-0.1, -0.05) is 12.5 Å². The zero-order valence-electron chi connectivity index (χ0n) is 14.4. The summed E-state index contributed by atoms with van der Waals surface area (Å²) in [6, 6.07) is 7.72. The van der Waals surface area contributed by atoms with Gasteiger partial charge in [0.15, 0.2) is 0 Å². The highest BCUT2D eigenvalue weighted by Crippen LogP contribution is 2.25. The second-order valence-electron chi connectivity index (χ2n) is 6.29. The van der Waals surface area contributed by atoms with E-state index >= 15 is 0 Å². The molecule has 5 nitrogen and oxygen atoms in total. The van der Waals surface area contributed by atoms with Gasteiger partial charge in [0.2, 0.25) is 5.91 Å². The van der Waals surface area contributed by atoms with Crippen molar-refractivity contribution in [2.24, 2.45) is 11.7 Å². The van der Waals surface area contributed by atoms with Crippen LogP contribution in [0.5, 0.6) is 5.75 Å². The van der Waals surface area contributed by atoms with Gasteiger partial charge in [0.05, 0.1) is 0 Å². The topological polar surface area (TPSA) is 67.6 Å². The van der Waals surface area contributed by atoms with Crippen LogP contribution in [0.1, 0.15) is 25.7 Å². The Bertz CT molecular complexity index is 500. The van der Waals surface area contributed by atoms with Crippen molar-refractivity contribution in [3.05, 3.63) is 24.3 Å². The van der Waals surface area contributed by atoms with Gasteiger partial charge in [0.25, 0.3) is 0 Å². The van der Waals surface area contributed by atoms with Gasteiger partial charge in [-0.25, -0.2) is 0 Å². The number of rotatable bonds is 6. The van der Waals surface area contributed by atoms with Crippen LogP contribution >= 0.6 is 24.8 Å². The zero-order valence-corrected chi connectivity index (χ0v) is 16.0. The van der Waals surface area contributed by atoms with Gasteiger partial charge in [0.1, 0.15) is 12.4 Å². The van der Waals surface area contributed by atoms with Crippen LogP contribution in [-0.2, 0) is 4.79 Å². The van der Waals surface area contributed by atoms with Crippen molar-refractivity contribution in [3.8, 4) is 5.75 Å². The standard InChI is InChI=1S/C17H27N3O2.2ClH/c1-20(2)9-10-22-16-8-4-7-15(12-16)19-17(21)13-5-3-6-14(18)11-13;;/h4,7-8,12-14H,3,5-6,9-11,18H2,1-2H3,(H,19,21);2*1H. The molecule has 0 bridgehead atoms. The van der Waals surface area contributed by atoms with Crippen LogP contribution in [0.25, 0.3) is 0 Å². The van der Waals surface area contributed by atoms with E-state index in [1.54, 1.807) is 0 Å². The summed E-state index contributed by atoms with van der Waals surface area (Å²) in [6.45, 7) is 1.48. The Hall–Kier alpha value is -1.01. The third kappa shape index (κ3) is 7.71.